The minimum atomic E-state index is 0. The van der Waals surface area contributed by atoms with Crippen molar-refractivity contribution >= 4 is 19.2 Å². The molecule has 146 valence electrons. The number of aromatic nitrogens is 4. The van der Waals surface area contributed by atoms with Crippen LogP contribution in [-0.4, -0.2) is 27.5 Å². The summed E-state index contributed by atoms with van der Waals surface area (Å²) in [6, 6.07) is 16.0. The van der Waals surface area contributed by atoms with Crippen LogP contribution in [-0.2, 0) is 20.1 Å². The van der Waals surface area contributed by atoms with E-state index in [-0.39, 0.29) is 20.1 Å². The molecule has 1 aliphatic rings. The van der Waals surface area contributed by atoms with Crippen LogP contribution in [0.15, 0.2) is 98.1 Å². The molecule has 0 aromatic carbocycles. The van der Waals surface area contributed by atoms with Gasteiger partial charge in [-0.1, -0.05) is 12.1 Å². The monoisotopic (exact) mass is 568 g/mol. The van der Waals surface area contributed by atoms with Gasteiger partial charge in [-0.3, -0.25) is 9.97 Å². The van der Waals surface area contributed by atoms with Crippen molar-refractivity contribution in [2.24, 2.45) is 0 Å². The van der Waals surface area contributed by atoms with Gasteiger partial charge in [0.2, 0.25) is 0 Å². The first kappa shape index (κ1) is 19.9. The Hall–Kier alpha value is -3.35. The maximum absolute atomic E-state index is 4.51. The van der Waals surface area contributed by atoms with Crippen LogP contribution in [0.1, 0.15) is 0 Å². The molecule has 0 spiro atoms. The minimum absolute atomic E-state index is 0. The van der Waals surface area contributed by atoms with Crippen molar-refractivity contribution in [2.75, 3.05) is 9.62 Å². The number of nitrogens with zero attached hydrogens (tertiary/aromatic N) is 6. The Kier molecular flexibility index (Phi) is 5.98. The fourth-order valence-corrected chi connectivity index (χ4v) is 3.17. The van der Waals surface area contributed by atoms with E-state index < -0.39 is 0 Å². The van der Waals surface area contributed by atoms with E-state index in [2.05, 4.69) is 19.9 Å². The van der Waals surface area contributed by atoms with Crippen LogP contribution in [0, 0.1) is 0 Å². The van der Waals surface area contributed by atoms with Crippen LogP contribution in [0.3, 0.4) is 0 Å². The van der Waals surface area contributed by atoms with Gasteiger partial charge in [0.1, 0.15) is 11.6 Å². The topological polar surface area (TPSA) is 58.0 Å². The first-order valence-electron chi connectivity index (χ1n) is 9.20. The van der Waals surface area contributed by atoms with E-state index in [0.29, 0.717) is 0 Å². The summed E-state index contributed by atoms with van der Waals surface area (Å²) in [6.07, 6.45) is 14.8. The average molecular weight is 567 g/mol. The molecule has 0 bridgehead atoms. The molecule has 0 amide bonds. The molecule has 5 heterocycles. The molecule has 30 heavy (non-hydrogen) atoms. The van der Waals surface area contributed by atoms with Crippen LogP contribution < -0.4 is 9.62 Å². The van der Waals surface area contributed by atoms with Gasteiger partial charge in [-0.25, -0.2) is 9.97 Å². The Labute approximate surface area is 189 Å². The SMILES string of the molecule is [B]1N(c2cc(-c3cccnc3)ccn2)C=CN1c1cc(-c2cccnc2)ccn1.[Ir]. The summed E-state index contributed by atoms with van der Waals surface area (Å²) in [6.45, 7) is 0. The van der Waals surface area contributed by atoms with Crippen LogP contribution >= 0.6 is 0 Å². The normalized spacial score (nSPS) is 12.4. The summed E-state index contributed by atoms with van der Waals surface area (Å²) in [5.41, 5.74) is 4.25. The van der Waals surface area contributed by atoms with E-state index in [1.807, 2.05) is 103 Å². The molecular formula is C22H16BIrN6. The fourth-order valence-electron chi connectivity index (χ4n) is 3.17. The molecule has 0 saturated heterocycles. The summed E-state index contributed by atoms with van der Waals surface area (Å²) >= 11 is 0. The second-order valence-electron chi connectivity index (χ2n) is 6.52. The predicted molar refractivity (Wildman–Crippen MR) is 115 cm³/mol. The Bertz CT molecular complexity index is 1070. The molecule has 4 aromatic rings. The molecule has 5 rings (SSSR count). The third-order valence-electron chi connectivity index (χ3n) is 4.65. The van der Waals surface area contributed by atoms with E-state index in [0.717, 1.165) is 33.9 Å². The van der Waals surface area contributed by atoms with Gasteiger partial charge >= 0.3 is 7.55 Å². The van der Waals surface area contributed by atoms with Gasteiger partial charge in [0, 0.05) is 80.8 Å². The fraction of sp³-hybridized carbons (Fsp3) is 0. The third kappa shape index (κ3) is 4.15. The Balaban J connectivity index is 0.00000218. The second kappa shape index (κ2) is 8.99. The predicted octanol–water partition coefficient (Wildman–Crippen LogP) is 3.93. The van der Waals surface area contributed by atoms with Gasteiger partial charge in [0.05, 0.1) is 0 Å². The Morgan fingerprint density at radius 2 is 1.10 bits per heavy atom. The van der Waals surface area contributed by atoms with Gasteiger partial charge in [-0.15, -0.1) is 0 Å². The average Bonchev–Trinajstić information content (AvgIpc) is 3.31. The molecule has 2 radical (unpaired) electrons. The zero-order chi connectivity index (χ0) is 19.5. The van der Waals surface area contributed by atoms with E-state index in [1.165, 1.54) is 0 Å². The molecule has 8 heteroatoms. The molecule has 0 unspecified atom stereocenters. The van der Waals surface area contributed by atoms with E-state index in [4.69, 9.17) is 0 Å². The molecule has 6 nitrogen and oxygen atoms in total. The molecule has 0 aliphatic carbocycles. The van der Waals surface area contributed by atoms with Crippen molar-refractivity contribution in [1.82, 2.24) is 19.9 Å². The Morgan fingerprint density at radius 1 is 0.600 bits per heavy atom. The second-order valence-corrected chi connectivity index (χ2v) is 6.52. The van der Waals surface area contributed by atoms with Crippen LogP contribution in [0.4, 0.5) is 11.6 Å². The largest absolute Gasteiger partial charge is 0.402 e. The van der Waals surface area contributed by atoms with E-state index >= 15 is 0 Å². The molecule has 0 N–H and O–H groups in total. The van der Waals surface area contributed by atoms with Crippen molar-refractivity contribution < 1.29 is 20.1 Å². The van der Waals surface area contributed by atoms with Gasteiger partial charge in [-0.2, -0.15) is 0 Å². The van der Waals surface area contributed by atoms with Gasteiger partial charge in [0.25, 0.3) is 0 Å². The van der Waals surface area contributed by atoms with Gasteiger partial charge < -0.3 is 9.62 Å². The zero-order valence-corrected chi connectivity index (χ0v) is 18.2. The summed E-state index contributed by atoms with van der Waals surface area (Å²) in [7, 11) is 1.96. The van der Waals surface area contributed by atoms with Crippen molar-refractivity contribution in [2.45, 2.75) is 0 Å². The number of hydrogen-bond acceptors (Lipinski definition) is 6. The van der Waals surface area contributed by atoms with Crippen molar-refractivity contribution in [3.05, 3.63) is 98.1 Å². The maximum atomic E-state index is 4.51. The van der Waals surface area contributed by atoms with Crippen molar-refractivity contribution in [3.8, 4) is 22.3 Å². The van der Waals surface area contributed by atoms with E-state index in [9.17, 15) is 0 Å². The molecule has 0 saturated carbocycles. The molecule has 0 fully saturated rings. The molecule has 1 aliphatic heterocycles. The zero-order valence-electron chi connectivity index (χ0n) is 15.8. The summed E-state index contributed by atoms with van der Waals surface area (Å²) in [5.74, 6) is 1.65. The maximum Gasteiger partial charge on any atom is 0.402 e. The quantitative estimate of drug-likeness (QED) is 0.349. The van der Waals surface area contributed by atoms with Crippen LogP contribution in [0.5, 0.6) is 0 Å². The molecule has 0 atom stereocenters. The third-order valence-corrected chi connectivity index (χ3v) is 4.65. The number of rotatable bonds is 4. The smallest absolute Gasteiger partial charge is 0.358 e. The van der Waals surface area contributed by atoms with Gasteiger partial charge in [-0.05, 0) is 47.5 Å². The minimum Gasteiger partial charge on any atom is -0.358 e. The van der Waals surface area contributed by atoms with Gasteiger partial charge in [0.15, 0.2) is 0 Å². The van der Waals surface area contributed by atoms with Crippen LogP contribution in [0.25, 0.3) is 22.3 Å². The number of anilines is 2. The number of pyridine rings is 4. The first-order valence-corrected chi connectivity index (χ1v) is 9.20. The van der Waals surface area contributed by atoms with Crippen LogP contribution in [0.2, 0.25) is 0 Å². The van der Waals surface area contributed by atoms with E-state index in [1.54, 1.807) is 12.4 Å². The van der Waals surface area contributed by atoms with Crippen molar-refractivity contribution in [1.29, 1.82) is 0 Å². The first-order chi connectivity index (χ1) is 14.4. The summed E-state index contributed by atoms with van der Waals surface area (Å²) in [4.78, 5) is 21.3. The van der Waals surface area contributed by atoms with Crippen molar-refractivity contribution in [3.63, 3.8) is 0 Å². The summed E-state index contributed by atoms with van der Waals surface area (Å²) < 4.78 is 0. The standard InChI is InChI=1S/C22H16BN6.Ir/c1-3-19(15-24-7-1)17-5-9-26-21(13-17)28-11-12-29(23-28)22-14-18(6-10-27-22)20-4-2-8-25-16-20;/h1-16H;. The molecular weight excluding hydrogens is 551 g/mol. The summed E-state index contributed by atoms with van der Waals surface area (Å²) in [5, 5.41) is 0. The molecule has 4 aromatic heterocycles. The Morgan fingerprint density at radius 3 is 1.53 bits per heavy atom. The number of hydrogen-bond donors (Lipinski definition) is 0.